The lowest BCUT2D eigenvalue weighted by Crippen LogP contribution is -2.34. The summed E-state index contributed by atoms with van der Waals surface area (Å²) in [4.78, 5) is 25.7. The van der Waals surface area contributed by atoms with E-state index < -0.39 is 0 Å². The van der Waals surface area contributed by atoms with Crippen molar-refractivity contribution in [3.63, 3.8) is 0 Å². The van der Waals surface area contributed by atoms with Crippen LogP contribution in [0.5, 0.6) is 5.75 Å². The first-order valence-electron chi connectivity index (χ1n) is 8.13. The minimum atomic E-state index is -0.249. The van der Waals surface area contributed by atoms with E-state index in [-0.39, 0.29) is 18.1 Å². The molecule has 1 heterocycles. The van der Waals surface area contributed by atoms with Crippen LogP contribution in [0.4, 0.5) is 0 Å². The summed E-state index contributed by atoms with van der Waals surface area (Å²) in [5.74, 6) is 0.490. The Bertz CT molecular complexity index is 789. The third-order valence-electron chi connectivity index (χ3n) is 4.42. The molecule has 2 aromatic rings. The molecule has 1 amide bonds. The molecule has 0 spiro atoms. The van der Waals surface area contributed by atoms with E-state index in [9.17, 15) is 9.59 Å². The maximum absolute atomic E-state index is 12.0. The number of benzene rings is 1. The number of rotatable bonds is 5. The number of hydrogen-bond donors (Lipinski definition) is 0. The van der Waals surface area contributed by atoms with Gasteiger partial charge in [-0.25, -0.2) is 4.79 Å². The van der Waals surface area contributed by atoms with E-state index >= 15 is 0 Å². The Balaban J connectivity index is 1.83. The zero-order chi connectivity index (χ0) is 16.4. The highest BCUT2D eigenvalue weighted by molar-refractivity contribution is 5.83. The summed E-state index contributed by atoms with van der Waals surface area (Å²) in [6, 6.07) is 5.45. The van der Waals surface area contributed by atoms with Gasteiger partial charge in [-0.05, 0) is 50.8 Å². The summed E-state index contributed by atoms with van der Waals surface area (Å²) in [5.41, 5.74) is 2.19. The van der Waals surface area contributed by atoms with Crippen molar-refractivity contribution in [2.45, 2.75) is 33.1 Å². The molecule has 0 fully saturated rings. The molecule has 0 saturated heterocycles. The molecule has 0 atom stereocenters. The quantitative estimate of drug-likeness (QED) is 0.796. The fraction of sp³-hybridized carbons (Fsp3) is 0.444. The summed E-state index contributed by atoms with van der Waals surface area (Å²) < 4.78 is 11.0. The maximum atomic E-state index is 12.0. The minimum Gasteiger partial charge on any atom is -0.484 e. The largest absolute Gasteiger partial charge is 0.484 e. The summed E-state index contributed by atoms with van der Waals surface area (Å²) in [6.45, 7) is 5.19. The molecule has 0 radical (unpaired) electrons. The molecule has 23 heavy (non-hydrogen) atoms. The van der Waals surface area contributed by atoms with E-state index in [1.807, 2.05) is 26.0 Å². The zero-order valence-electron chi connectivity index (χ0n) is 13.6. The third kappa shape index (κ3) is 2.96. The molecule has 5 heteroatoms. The number of amides is 1. The van der Waals surface area contributed by atoms with Gasteiger partial charge < -0.3 is 14.1 Å². The Morgan fingerprint density at radius 2 is 1.96 bits per heavy atom. The lowest BCUT2D eigenvalue weighted by Gasteiger charge is -2.18. The van der Waals surface area contributed by atoms with Gasteiger partial charge in [-0.1, -0.05) is 0 Å². The Hall–Kier alpha value is -2.30. The summed E-state index contributed by atoms with van der Waals surface area (Å²) in [7, 11) is 0. The van der Waals surface area contributed by atoms with E-state index in [0.29, 0.717) is 24.4 Å². The summed E-state index contributed by atoms with van der Waals surface area (Å²) in [6.07, 6.45) is 2.71. The van der Waals surface area contributed by atoms with E-state index in [1.165, 1.54) is 0 Å². The predicted molar refractivity (Wildman–Crippen MR) is 87.9 cm³/mol. The van der Waals surface area contributed by atoms with E-state index in [4.69, 9.17) is 9.15 Å². The second-order valence-corrected chi connectivity index (χ2v) is 5.71. The first-order valence-corrected chi connectivity index (χ1v) is 8.13. The number of fused-ring (bicyclic) bond motifs is 3. The molecule has 1 aromatic carbocycles. The fourth-order valence-corrected chi connectivity index (χ4v) is 3.17. The van der Waals surface area contributed by atoms with Crippen LogP contribution in [0.3, 0.4) is 0 Å². The van der Waals surface area contributed by atoms with Gasteiger partial charge in [0, 0.05) is 30.1 Å². The van der Waals surface area contributed by atoms with Gasteiger partial charge in [-0.15, -0.1) is 0 Å². The van der Waals surface area contributed by atoms with Crippen molar-refractivity contribution in [1.82, 2.24) is 4.90 Å². The molecule has 0 aliphatic heterocycles. The van der Waals surface area contributed by atoms with Gasteiger partial charge in [0.1, 0.15) is 11.3 Å². The summed E-state index contributed by atoms with van der Waals surface area (Å²) in [5, 5.41) is 0.972. The van der Waals surface area contributed by atoms with Gasteiger partial charge >= 0.3 is 5.63 Å². The Morgan fingerprint density at radius 1 is 1.22 bits per heavy atom. The lowest BCUT2D eigenvalue weighted by molar-refractivity contribution is -0.132. The molecular weight excluding hydrogens is 294 g/mol. The van der Waals surface area contributed by atoms with Gasteiger partial charge in [0.2, 0.25) is 0 Å². The Kier molecular flexibility index (Phi) is 4.37. The van der Waals surface area contributed by atoms with Crippen molar-refractivity contribution in [3.05, 3.63) is 39.7 Å². The highest BCUT2D eigenvalue weighted by atomic mass is 16.5. The molecule has 122 valence electrons. The minimum absolute atomic E-state index is 0.0115. The Labute approximate surface area is 134 Å². The van der Waals surface area contributed by atoms with Crippen LogP contribution < -0.4 is 10.4 Å². The highest BCUT2D eigenvalue weighted by Crippen LogP contribution is 2.29. The van der Waals surface area contributed by atoms with Crippen molar-refractivity contribution < 1.29 is 13.9 Å². The molecule has 0 unspecified atom stereocenters. The molecule has 1 aromatic heterocycles. The molecule has 3 rings (SSSR count). The van der Waals surface area contributed by atoms with Gasteiger partial charge in [0.25, 0.3) is 5.91 Å². The smallest absolute Gasteiger partial charge is 0.339 e. The van der Waals surface area contributed by atoms with Crippen molar-refractivity contribution in [2.75, 3.05) is 19.7 Å². The second kappa shape index (κ2) is 6.44. The van der Waals surface area contributed by atoms with Crippen LogP contribution in [0.15, 0.2) is 27.4 Å². The third-order valence-corrected chi connectivity index (χ3v) is 4.42. The van der Waals surface area contributed by atoms with E-state index in [1.54, 1.807) is 11.0 Å². The maximum Gasteiger partial charge on any atom is 0.339 e. The standard InChI is InChI=1S/C18H21NO4/c1-3-19(4-2)17(20)11-22-12-8-9-14-13-6-5-7-15(13)18(21)23-16(14)10-12/h8-10H,3-7,11H2,1-2H3. The number of carbonyl (C=O) groups is 1. The monoisotopic (exact) mass is 315 g/mol. The molecule has 0 N–H and O–H groups in total. The first kappa shape index (κ1) is 15.6. The average Bonchev–Trinajstić information content (AvgIpc) is 3.04. The van der Waals surface area contributed by atoms with Crippen LogP contribution in [0, 0.1) is 0 Å². The zero-order valence-corrected chi connectivity index (χ0v) is 13.6. The van der Waals surface area contributed by atoms with Crippen molar-refractivity contribution in [1.29, 1.82) is 0 Å². The van der Waals surface area contributed by atoms with Crippen LogP contribution in [0.2, 0.25) is 0 Å². The van der Waals surface area contributed by atoms with Crippen LogP contribution >= 0.6 is 0 Å². The van der Waals surface area contributed by atoms with Gasteiger partial charge in [0.15, 0.2) is 6.61 Å². The van der Waals surface area contributed by atoms with Crippen LogP contribution in [0.25, 0.3) is 11.0 Å². The number of ether oxygens (including phenoxy) is 1. The molecule has 5 nitrogen and oxygen atoms in total. The van der Waals surface area contributed by atoms with Crippen molar-refractivity contribution in [2.24, 2.45) is 0 Å². The number of nitrogens with zero attached hydrogens (tertiary/aromatic N) is 1. The SMILES string of the molecule is CCN(CC)C(=O)COc1ccc2c3c(c(=O)oc2c1)CCC3. The number of likely N-dealkylation sites (N-methyl/N-ethyl adjacent to an activating group) is 1. The van der Waals surface area contributed by atoms with Crippen LogP contribution in [0.1, 0.15) is 31.4 Å². The van der Waals surface area contributed by atoms with Crippen LogP contribution in [-0.4, -0.2) is 30.5 Å². The van der Waals surface area contributed by atoms with Crippen molar-refractivity contribution >= 4 is 16.9 Å². The molecule has 0 bridgehead atoms. The Morgan fingerprint density at radius 3 is 2.70 bits per heavy atom. The van der Waals surface area contributed by atoms with Gasteiger partial charge in [0.05, 0.1) is 0 Å². The molecule has 1 aliphatic carbocycles. The molecule has 1 aliphatic rings. The second-order valence-electron chi connectivity index (χ2n) is 5.71. The highest BCUT2D eigenvalue weighted by Gasteiger charge is 2.19. The van der Waals surface area contributed by atoms with E-state index in [2.05, 4.69) is 0 Å². The number of carbonyl (C=O) groups excluding carboxylic acids is 1. The topological polar surface area (TPSA) is 59.8 Å². The number of hydrogen-bond acceptors (Lipinski definition) is 4. The van der Waals surface area contributed by atoms with Crippen LogP contribution in [-0.2, 0) is 17.6 Å². The van der Waals surface area contributed by atoms with Gasteiger partial charge in [-0.3, -0.25) is 4.79 Å². The van der Waals surface area contributed by atoms with E-state index in [0.717, 1.165) is 35.8 Å². The van der Waals surface area contributed by atoms with Gasteiger partial charge in [-0.2, -0.15) is 0 Å². The predicted octanol–water partition coefficient (Wildman–Crippen LogP) is 2.53. The summed E-state index contributed by atoms with van der Waals surface area (Å²) >= 11 is 0. The first-order chi connectivity index (χ1) is 11.1. The molecule has 0 saturated carbocycles. The lowest BCUT2D eigenvalue weighted by atomic mass is 10.1. The number of aryl methyl sites for hydroxylation is 1. The normalized spacial score (nSPS) is 13.1. The average molecular weight is 315 g/mol. The van der Waals surface area contributed by atoms with Crippen molar-refractivity contribution in [3.8, 4) is 5.75 Å². The fourth-order valence-electron chi connectivity index (χ4n) is 3.17. The molecular formula is C18H21NO4.